The first kappa shape index (κ1) is 10.5. The van der Waals surface area contributed by atoms with E-state index in [1.807, 2.05) is 23.6 Å². The van der Waals surface area contributed by atoms with Crippen LogP contribution in [0.2, 0.25) is 0 Å². The molecule has 0 spiro atoms. The Morgan fingerprint density at radius 3 is 2.82 bits per heavy atom. The Balaban J connectivity index is 1.64. The van der Waals surface area contributed by atoms with Crippen molar-refractivity contribution in [3.63, 3.8) is 0 Å². The molecule has 0 bridgehead atoms. The maximum atomic E-state index is 5.87. The van der Waals surface area contributed by atoms with E-state index >= 15 is 0 Å². The van der Waals surface area contributed by atoms with Gasteiger partial charge in [-0.05, 0) is 17.0 Å². The van der Waals surface area contributed by atoms with Crippen molar-refractivity contribution in [1.29, 1.82) is 0 Å². The number of hydrogen-bond acceptors (Lipinski definition) is 3. The van der Waals surface area contributed by atoms with Gasteiger partial charge in [0.25, 0.3) is 0 Å². The van der Waals surface area contributed by atoms with Crippen molar-refractivity contribution in [2.75, 3.05) is 6.54 Å². The second-order valence-electron chi connectivity index (χ2n) is 4.05. The van der Waals surface area contributed by atoms with Crippen LogP contribution < -0.4 is 0 Å². The fourth-order valence-electron chi connectivity index (χ4n) is 1.94. The third-order valence-corrected chi connectivity index (χ3v) is 3.61. The van der Waals surface area contributed by atoms with Gasteiger partial charge >= 0.3 is 0 Å². The lowest BCUT2D eigenvalue weighted by atomic mass is 10.1. The largest absolute Gasteiger partial charge is 0.471 e. The summed E-state index contributed by atoms with van der Waals surface area (Å²) < 4.78 is 5.87. The highest BCUT2D eigenvalue weighted by molar-refractivity contribution is 7.12. The van der Waals surface area contributed by atoms with E-state index in [-0.39, 0.29) is 6.10 Å². The third kappa shape index (κ3) is 2.39. The molecule has 1 aliphatic heterocycles. The van der Waals surface area contributed by atoms with Gasteiger partial charge in [0, 0.05) is 6.42 Å². The molecule has 1 aliphatic rings. The van der Waals surface area contributed by atoms with E-state index < -0.39 is 0 Å². The molecule has 1 atom stereocenters. The van der Waals surface area contributed by atoms with Crippen LogP contribution in [0.3, 0.4) is 0 Å². The number of benzene rings is 1. The Morgan fingerprint density at radius 2 is 2.06 bits per heavy atom. The average Bonchev–Trinajstić information content (AvgIpc) is 3.00. The molecule has 3 rings (SSSR count). The molecule has 0 saturated carbocycles. The zero-order chi connectivity index (χ0) is 11.5. The van der Waals surface area contributed by atoms with Gasteiger partial charge in [0.05, 0.1) is 11.4 Å². The molecule has 0 amide bonds. The predicted octanol–water partition coefficient (Wildman–Crippen LogP) is 3.14. The van der Waals surface area contributed by atoms with Crippen molar-refractivity contribution in [3.05, 3.63) is 58.3 Å². The summed E-state index contributed by atoms with van der Waals surface area (Å²) in [5, 5.41) is 2.05. The Morgan fingerprint density at radius 1 is 1.18 bits per heavy atom. The molecule has 3 heteroatoms. The van der Waals surface area contributed by atoms with Crippen molar-refractivity contribution in [1.82, 2.24) is 0 Å². The Hall–Kier alpha value is -1.61. The van der Waals surface area contributed by atoms with Crippen molar-refractivity contribution >= 4 is 17.2 Å². The lowest BCUT2D eigenvalue weighted by molar-refractivity contribution is 0.226. The minimum Gasteiger partial charge on any atom is -0.471 e. The minimum atomic E-state index is 0.189. The van der Waals surface area contributed by atoms with E-state index in [0.29, 0.717) is 0 Å². The van der Waals surface area contributed by atoms with Gasteiger partial charge in [-0.1, -0.05) is 36.4 Å². The lowest BCUT2D eigenvalue weighted by Crippen LogP contribution is -2.16. The highest BCUT2D eigenvalue weighted by Crippen LogP contribution is 2.19. The molecule has 86 valence electrons. The summed E-state index contributed by atoms with van der Waals surface area (Å²) >= 11 is 1.67. The van der Waals surface area contributed by atoms with Crippen LogP contribution in [0.15, 0.2) is 52.8 Å². The number of hydrogen-bond donors (Lipinski definition) is 0. The molecule has 1 aromatic heterocycles. The fourth-order valence-corrected chi connectivity index (χ4v) is 2.61. The number of nitrogens with zero attached hydrogens (tertiary/aromatic N) is 1. The maximum absolute atomic E-state index is 5.87. The molecule has 0 fully saturated rings. The van der Waals surface area contributed by atoms with Crippen molar-refractivity contribution in [2.45, 2.75) is 12.5 Å². The number of thiophene rings is 1. The summed E-state index contributed by atoms with van der Waals surface area (Å²) in [7, 11) is 0. The number of ether oxygens (including phenoxy) is 1. The van der Waals surface area contributed by atoms with Crippen molar-refractivity contribution in [3.8, 4) is 0 Å². The predicted molar refractivity (Wildman–Crippen MR) is 70.7 cm³/mol. The zero-order valence-corrected chi connectivity index (χ0v) is 10.2. The van der Waals surface area contributed by atoms with Gasteiger partial charge in [0.1, 0.15) is 6.10 Å². The average molecular weight is 243 g/mol. The lowest BCUT2D eigenvalue weighted by Gasteiger charge is -2.10. The van der Waals surface area contributed by atoms with Crippen LogP contribution in [0.5, 0.6) is 0 Å². The van der Waals surface area contributed by atoms with Crippen LogP contribution in [0.4, 0.5) is 0 Å². The van der Waals surface area contributed by atoms with E-state index in [9.17, 15) is 0 Å². The van der Waals surface area contributed by atoms with Crippen LogP contribution in [-0.4, -0.2) is 18.5 Å². The highest BCUT2D eigenvalue weighted by atomic mass is 32.1. The summed E-state index contributed by atoms with van der Waals surface area (Å²) in [6.45, 7) is 0.766. The number of aliphatic imine (C=N–C) groups is 1. The maximum Gasteiger partial charge on any atom is 0.226 e. The first-order valence-electron chi connectivity index (χ1n) is 5.71. The van der Waals surface area contributed by atoms with Gasteiger partial charge in [0.2, 0.25) is 5.90 Å². The zero-order valence-electron chi connectivity index (χ0n) is 9.37. The van der Waals surface area contributed by atoms with Crippen molar-refractivity contribution in [2.24, 2.45) is 4.99 Å². The monoisotopic (exact) mass is 243 g/mol. The molecule has 0 radical (unpaired) electrons. The standard InChI is InChI=1S/C14H13NOS/c1-2-5-11(6-3-1)9-12-10-15-14(16-12)13-7-4-8-17-13/h1-8,12H,9-10H2/t12-/m1/s1. The molecule has 2 nitrogen and oxygen atoms in total. The molecule has 2 heterocycles. The second-order valence-corrected chi connectivity index (χ2v) is 5.00. The van der Waals surface area contributed by atoms with Crippen LogP contribution >= 0.6 is 11.3 Å². The quantitative estimate of drug-likeness (QED) is 0.811. The molecule has 0 saturated heterocycles. The summed E-state index contributed by atoms with van der Waals surface area (Å²) in [4.78, 5) is 5.59. The highest BCUT2D eigenvalue weighted by Gasteiger charge is 2.21. The smallest absolute Gasteiger partial charge is 0.226 e. The molecule has 17 heavy (non-hydrogen) atoms. The van der Waals surface area contributed by atoms with E-state index in [0.717, 1.165) is 23.7 Å². The van der Waals surface area contributed by atoms with Gasteiger partial charge in [-0.15, -0.1) is 11.3 Å². The Bertz CT molecular complexity index is 504. The topological polar surface area (TPSA) is 21.6 Å². The van der Waals surface area contributed by atoms with E-state index in [4.69, 9.17) is 4.74 Å². The van der Waals surface area contributed by atoms with Crippen LogP contribution in [-0.2, 0) is 11.2 Å². The Labute approximate surface area is 105 Å². The first-order chi connectivity index (χ1) is 8.42. The van der Waals surface area contributed by atoms with Crippen LogP contribution in [0.1, 0.15) is 10.4 Å². The fraction of sp³-hybridized carbons (Fsp3) is 0.214. The summed E-state index contributed by atoms with van der Waals surface area (Å²) in [6, 6.07) is 14.5. The molecular formula is C14H13NOS. The van der Waals surface area contributed by atoms with Gasteiger partial charge < -0.3 is 4.74 Å². The molecule has 0 aliphatic carbocycles. The third-order valence-electron chi connectivity index (χ3n) is 2.75. The first-order valence-corrected chi connectivity index (χ1v) is 6.59. The van der Waals surface area contributed by atoms with E-state index in [2.05, 4.69) is 29.3 Å². The summed E-state index contributed by atoms with van der Waals surface area (Å²) in [5.41, 5.74) is 1.31. The SMILES string of the molecule is c1ccc(C[C@@H]2CN=C(c3cccs3)O2)cc1. The minimum absolute atomic E-state index is 0.189. The normalized spacial score (nSPS) is 18.8. The molecule has 2 aromatic rings. The molecule has 0 N–H and O–H groups in total. The summed E-state index contributed by atoms with van der Waals surface area (Å²) in [5.74, 6) is 0.806. The van der Waals surface area contributed by atoms with E-state index in [1.54, 1.807) is 11.3 Å². The molecule has 0 unspecified atom stereocenters. The summed E-state index contributed by atoms with van der Waals surface area (Å²) in [6.07, 6.45) is 1.12. The van der Waals surface area contributed by atoms with Gasteiger partial charge in [-0.3, -0.25) is 0 Å². The number of rotatable bonds is 3. The van der Waals surface area contributed by atoms with Crippen LogP contribution in [0, 0.1) is 0 Å². The van der Waals surface area contributed by atoms with Crippen LogP contribution in [0.25, 0.3) is 0 Å². The molecular weight excluding hydrogens is 230 g/mol. The van der Waals surface area contributed by atoms with Gasteiger partial charge in [-0.2, -0.15) is 0 Å². The van der Waals surface area contributed by atoms with Gasteiger partial charge in [-0.25, -0.2) is 4.99 Å². The molecule has 1 aromatic carbocycles. The Kier molecular flexibility index (Phi) is 2.92. The van der Waals surface area contributed by atoms with E-state index in [1.165, 1.54) is 5.56 Å². The second kappa shape index (κ2) is 4.72. The van der Waals surface area contributed by atoms with Gasteiger partial charge in [0.15, 0.2) is 0 Å². The van der Waals surface area contributed by atoms with Crippen molar-refractivity contribution < 1.29 is 4.74 Å².